The molecule has 0 aliphatic carbocycles. The van der Waals surface area contributed by atoms with Crippen LogP contribution in [0.1, 0.15) is 55.4 Å². The summed E-state index contributed by atoms with van der Waals surface area (Å²) in [5.74, 6) is 0. The summed E-state index contributed by atoms with van der Waals surface area (Å²) in [6.45, 7) is 7.18. The molecule has 2 aliphatic heterocycles. The first-order chi connectivity index (χ1) is 16.3. The molecular formula is C27H28ClN5S. The first kappa shape index (κ1) is 22.8. The van der Waals surface area contributed by atoms with Crippen molar-refractivity contribution in [2.75, 3.05) is 11.9 Å². The first-order valence-corrected chi connectivity index (χ1v) is 12.2. The second kappa shape index (κ2) is 8.67. The lowest BCUT2D eigenvalue weighted by atomic mass is 9.86. The Hall–Kier alpha value is -2.96. The van der Waals surface area contributed by atoms with Gasteiger partial charge in [0.1, 0.15) is 0 Å². The summed E-state index contributed by atoms with van der Waals surface area (Å²) in [6, 6.07) is 16.0. The summed E-state index contributed by atoms with van der Waals surface area (Å²) < 4.78 is 0. The summed E-state index contributed by atoms with van der Waals surface area (Å²) in [5.41, 5.74) is 6.40. The van der Waals surface area contributed by atoms with Gasteiger partial charge in [0.2, 0.25) is 0 Å². The normalized spacial score (nSPS) is 21.2. The van der Waals surface area contributed by atoms with E-state index in [-0.39, 0.29) is 17.6 Å². The van der Waals surface area contributed by atoms with Gasteiger partial charge in [-0.05, 0) is 80.5 Å². The van der Waals surface area contributed by atoms with Crippen molar-refractivity contribution < 1.29 is 0 Å². The average molecular weight is 490 g/mol. The molecule has 0 spiro atoms. The van der Waals surface area contributed by atoms with Crippen molar-refractivity contribution in [2.24, 2.45) is 0 Å². The number of hydrogen-bond donors (Lipinski definition) is 1. The molecule has 4 heterocycles. The van der Waals surface area contributed by atoms with Crippen LogP contribution in [0.5, 0.6) is 0 Å². The van der Waals surface area contributed by atoms with Crippen molar-refractivity contribution >= 4 is 40.2 Å². The van der Waals surface area contributed by atoms with Gasteiger partial charge in [-0.25, -0.2) is 0 Å². The Balaban J connectivity index is 1.64. The number of aromatic nitrogens is 2. The van der Waals surface area contributed by atoms with Crippen LogP contribution in [0, 0.1) is 0 Å². The Labute approximate surface area is 211 Å². The van der Waals surface area contributed by atoms with Crippen molar-refractivity contribution in [3.05, 3.63) is 94.5 Å². The highest BCUT2D eigenvalue weighted by atomic mass is 35.5. The van der Waals surface area contributed by atoms with Crippen molar-refractivity contribution in [2.45, 2.75) is 44.9 Å². The summed E-state index contributed by atoms with van der Waals surface area (Å²) >= 11 is 12.9. The van der Waals surface area contributed by atoms with E-state index in [2.05, 4.69) is 71.1 Å². The number of benzene rings is 1. The largest absolute Gasteiger partial charge is 0.365 e. The molecule has 0 radical (unpaired) electrons. The molecule has 3 aromatic rings. The van der Waals surface area contributed by atoms with Crippen LogP contribution >= 0.6 is 23.8 Å². The molecule has 5 rings (SSSR count). The lowest BCUT2D eigenvalue weighted by molar-refractivity contribution is 0.308. The minimum absolute atomic E-state index is 0.0834. The summed E-state index contributed by atoms with van der Waals surface area (Å²) in [7, 11) is 2.12. The van der Waals surface area contributed by atoms with Gasteiger partial charge in [-0.2, -0.15) is 0 Å². The zero-order chi connectivity index (χ0) is 24.0. The van der Waals surface area contributed by atoms with E-state index in [1.165, 1.54) is 11.1 Å². The quantitative estimate of drug-likeness (QED) is 0.458. The van der Waals surface area contributed by atoms with Crippen molar-refractivity contribution in [3.8, 4) is 0 Å². The Kier molecular flexibility index (Phi) is 5.82. The number of anilines is 1. The SMILES string of the molecule is CC1=CC(C)(C)N(C)c2cc(Cl)c(C3C(c4ccccn4)NC(=S)N3Cc3ccccn3)cc21. The van der Waals surface area contributed by atoms with Gasteiger partial charge < -0.3 is 15.1 Å². The van der Waals surface area contributed by atoms with Crippen LogP contribution in [0.4, 0.5) is 5.69 Å². The fourth-order valence-electron chi connectivity index (χ4n) is 4.99. The summed E-state index contributed by atoms with van der Waals surface area (Å²) in [5, 5.41) is 4.91. The number of nitrogens with one attached hydrogen (secondary N) is 1. The van der Waals surface area contributed by atoms with E-state index in [4.69, 9.17) is 23.8 Å². The number of allylic oxidation sites excluding steroid dienone is 1. The van der Waals surface area contributed by atoms with Crippen molar-refractivity contribution in [1.82, 2.24) is 20.2 Å². The second-order valence-electron chi connectivity index (χ2n) is 9.51. The van der Waals surface area contributed by atoms with E-state index in [9.17, 15) is 0 Å². The average Bonchev–Trinajstić information content (AvgIpc) is 3.14. The van der Waals surface area contributed by atoms with Gasteiger partial charge in [-0.15, -0.1) is 0 Å². The number of rotatable bonds is 4. The van der Waals surface area contributed by atoms with E-state index in [0.717, 1.165) is 27.7 Å². The Bertz CT molecular complexity index is 1260. The van der Waals surface area contributed by atoms with Crippen molar-refractivity contribution in [3.63, 3.8) is 0 Å². The maximum absolute atomic E-state index is 7.04. The predicted octanol–water partition coefficient (Wildman–Crippen LogP) is 5.93. The van der Waals surface area contributed by atoms with Gasteiger partial charge in [0, 0.05) is 35.7 Å². The molecule has 0 amide bonds. The Morgan fingerprint density at radius 1 is 1.09 bits per heavy atom. The molecule has 1 aromatic carbocycles. The van der Waals surface area contributed by atoms with Gasteiger partial charge >= 0.3 is 0 Å². The molecule has 0 bridgehead atoms. The fourth-order valence-corrected chi connectivity index (χ4v) is 5.57. The predicted molar refractivity (Wildman–Crippen MR) is 143 cm³/mol. The molecule has 5 nitrogen and oxygen atoms in total. The second-order valence-corrected chi connectivity index (χ2v) is 10.3. The highest BCUT2D eigenvalue weighted by Gasteiger charge is 2.42. The zero-order valence-electron chi connectivity index (χ0n) is 19.8. The summed E-state index contributed by atoms with van der Waals surface area (Å²) in [4.78, 5) is 13.7. The number of fused-ring (bicyclic) bond motifs is 1. The molecular weight excluding hydrogens is 462 g/mol. The Morgan fingerprint density at radius 2 is 1.82 bits per heavy atom. The number of pyridine rings is 2. The molecule has 2 aliphatic rings. The standard InChI is InChI=1S/C27H28ClN5S/c1-17-15-27(2,3)32(4)23-14-21(28)20(13-19(17)23)25-24(22-10-6-8-12-30-22)31-26(34)33(25)16-18-9-5-7-11-29-18/h5-15,24-25H,16H2,1-4H3,(H,31,34). The number of halogens is 1. The molecule has 2 unspecified atom stereocenters. The van der Waals surface area contributed by atoms with Gasteiger partial charge in [-0.1, -0.05) is 29.8 Å². The number of likely N-dealkylation sites (N-methyl/N-ethyl adjacent to an activating group) is 1. The van der Waals surface area contributed by atoms with Crippen LogP contribution in [0.3, 0.4) is 0 Å². The molecule has 34 heavy (non-hydrogen) atoms. The number of hydrogen-bond acceptors (Lipinski definition) is 4. The van der Waals surface area contributed by atoms with E-state index >= 15 is 0 Å². The highest BCUT2D eigenvalue weighted by molar-refractivity contribution is 7.80. The monoisotopic (exact) mass is 489 g/mol. The fraction of sp³-hybridized carbons (Fsp3) is 0.296. The van der Waals surface area contributed by atoms with E-state index in [0.29, 0.717) is 11.7 Å². The van der Waals surface area contributed by atoms with Crippen LogP contribution in [-0.4, -0.2) is 32.6 Å². The minimum Gasteiger partial charge on any atom is -0.365 e. The van der Waals surface area contributed by atoms with E-state index in [1.54, 1.807) is 0 Å². The van der Waals surface area contributed by atoms with Gasteiger partial charge in [-0.3, -0.25) is 9.97 Å². The van der Waals surface area contributed by atoms with Gasteiger partial charge in [0.25, 0.3) is 0 Å². The first-order valence-electron chi connectivity index (χ1n) is 11.4. The minimum atomic E-state index is -0.130. The molecule has 0 saturated carbocycles. The Morgan fingerprint density at radius 3 is 2.50 bits per heavy atom. The van der Waals surface area contributed by atoms with E-state index < -0.39 is 0 Å². The van der Waals surface area contributed by atoms with Crippen LogP contribution < -0.4 is 10.2 Å². The molecule has 174 valence electrons. The molecule has 7 heteroatoms. The van der Waals surface area contributed by atoms with Gasteiger partial charge in [0.05, 0.1) is 35.6 Å². The summed E-state index contributed by atoms with van der Waals surface area (Å²) in [6.07, 6.45) is 5.94. The lowest BCUT2D eigenvalue weighted by Crippen LogP contribution is -2.42. The lowest BCUT2D eigenvalue weighted by Gasteiger charge is -2.41. The van der Waals surface area contributed by atoms with Crippen LogP contribution in [-0.2, 0) is 6.54 Å². The maximum atomic E-state index is 7.04. The molecule has 2 aromatic heterocycles. The smallest absolute Gasteiger partial charge is 0.170 e. The molecule has 1 fully saturated rings. The third-order valence-electron chi connectivity index (χ3n) is 6.91. The molecule has 1 N–H and O–H groups in total. The van der Waals surface area contributed by atoms with E-state index in [1.807, 2.05) is 48.8 Å². The highest BCUT2D eigenvalue weighted by Crippen LogP contribution is 2.46. The zero-order valence-corrected chi connectivity index (χ0v) is 21.4. The molecule has 2 atom stereocenters. The van der Waals surface area contributed by atoms with Crippen LogP contribution in [0.15, 0.2) is 67.0 Å². The van der Waals surface area contributed by atoms with Gasteiger partial charge in [0.15, 0.2) is 5.11 Å². The molecule has 1 saturated heterocycles. The third kappa shape index (κ3) is 3.95. The third-order valence-corrected chi connectivity index (χ3v) is 7.59. The maximum Gasteiger partial charge on any atom is 0.170 e. The van der Waals surface area contributed by atoms with Crippen LogP contribution in [0.25, 0.3) is 5.57 Å². The van der Waals surface area contributed by atoms with Crippen molar-refractivity contribution in [1.29, 1.82) is 0 Å². The number of nitrogens with zero attached hydrogens (tertiary/aromatic N) is 4. The van der Waals surface area contributed by atoms with Crippen LogP contribution in [0.2, 0.25) is 5.02 Å². The topological polar surface area (TPSA) is 44.3 Å². The number of thiocarbonyl (C=S) groups is 1.